The first-order valence-corrected chi connectivity index (χ1v) is 26.6. The maximum atomic E-state index is 13.7. The topological polar surface area (TPSA) is 339 Å². The number of aromatic amines is 1. The largest absolute Gasteiger partial charge is 0.463 e. The van der Waals surface area contributed by atoms with Gasteiger partial charge in [-0.3, -0.25) is 48.0 Å². The van der Waals surface area contributed by atoms with Gasteiger partial charge in [-0.15, -0.1) is 0 Å². The average Bonchev–Trinajstić information content (AvgIpc) is 3.66. The third-order valence-corrected chi connectivity index (χ3v) is 15.5. The number of amides is 3. The molecule has 3 fully saturated rings. The molecule has 0 bridgehead atoms. The number of nitrogens with two attached hydrogens (primary N) is 2. The number of imide groups is 1. The lowest BCUT2D eigenvalue weighted by Gasteiger charge is -2.38. The van der Waals surface area contributed by atoms with Gasteiger partial charge in [-0.25, -0.2) is 18.7 Å². The van der Waals surface area contributed by atoms with E-state index in [0.717, 1.165) is 10.6 Å². The predicted octanol–water partition coefficient (Wildman–Crippen LogP) is 3.00. The van der Waals surface area contributed by atoms with Crippen LogP contribution in [0.25, 0.3) is 0 Å². The van der Waals surface area contributed by atoms with Crippen LogP contribution in [-0.4, -0.2) is 135 Å². The molecular formula is C46H66N6O18P2. The molecule has 0 spiro atoms. The normalized spacial score (nSPS) is 27.7. The average molecular weight is 1050 g/mol. The SMILES string of the molecule is CC(C)OC(=O)[C@H](C)CP(=O)(OC[C@H]1O[C@@H](N2CCC(=O)NC2=O)[C@](C)(N)[C@@H]1O)Oc1ccccc1.CC(C)OC(=O)[C@H](C)CP(=O)(OC[C@H]1O[C@@H](n2ccc(=O)[nH]c2=O)[C@](C)(N)[C@@H]1O)Oc1ccccc1. The fourth-order valence-corrected chi connectivity index (χ4v) is 11.5. The fourth-order valence-electron chi connectivity index (χ4n) is 7.72. The number of para-hydroxylation sites is 2. The van der Waals surface area contributed by atoms with Gasteiger partial charge in [0.25, 0.3) is 5.56 Å². The van der Waals surface area contributed by atoms with Gasteiger partial charge in [0.1, 0.15) is 35.9 Å². The van der Waals surface area contributed by atoms with Gasteiger partial charge in [-0.05, 0) is 65.8 Å². The summed E-state index contributed by atoms with van der Waals surface area (Å²) >= 11 is 0. The number of ether oxygens (including phenoxy) is 4. The molecule has 1 aromatic heterocycles. The highest BCUT2D eigenvalue weighted by Crippen LogP contribution is 2.52. The summed E-state index contributed by atoms with van der Waals surface area (Å²) < 4.78 is 73.4. The number of H-pyrrole nitrogens is 1. The molecule has 0 radical (unpaired) electrons. The highest BCUT2D eigenvalue weighted by Gasteiger charge is 2.56. The Morgan fingerprint density at radius 3 is 1.57 bits per heavy atom. The van der Waals surface area contributed by atoms with Crippen molar-refractivity contribution in [2.24, 2.45) is 23.3 Å². The third kappa shape index (κ3) is 14.9. The number of rotatable bonds is 20. The molecule has 24 nitrogen and oxygen atoms in total. The first-order valence-electron chi connectivity index (χ1n) is 23.2. The van der Waals surface area contributed by atoms with Gasteiger partial charge < -0.3 is 49.7 Å². The van der Waals surface area contributed by atoms with Gasteiger partial charge in [0.05, 0.1) is 60.7 Å². The maximum Gasteiger partial charge on any atom is 0.380 e. The molecule has 8 N–H and O–H groups in total. The summed E-state index contributed by atoms with van der Waals surface area (Å²) in [6.45, 7) is 12.2. The highest BCUT2D eigenvalue weighted by molar-refractivity contribution is 7.54. The zero-order chi connectivity index (χ0) is 53.3. The Balaban J connectivity index is 0.000000267. The number of carbonyl (C=O) groups is 4. The first-order chi connectivity index (χ1) is 33.6. The van der Waals surface area contributed by atoms with E-state index in [9.17, 15) is 48.1 Å². The molecule has 6 rings (SSSR count). The van der Waals surface area contributed by atoms with E-state index in [1.807, 2.05) is 0 Å². The fraction of sp³-hybridized carbons (Fsp3) is 0.565. The Kier molecular flexibility index (Phi) is 19.4. The Morgan fingerprint density at radius 1 is 0.722 bits per heavy atom. The number of hydrogen-bond acceptors (Lipinski definition) is 20. The summed E-state index contributed by atoms with van der Waals surface area (Å²) in [5, 5.41) is 23.9. The second kappa shape index (κ2) is 24.2. The molecule has 3 aliphatic heterocycles. The van der Waals surface area contributed by atoms with E-state index in [0.29, 0.717) is 0 Å². The minimum Gasteiger partial charge on any atom is -0.463 e. The van der Waals surface area contributed by atoms with E-state index >= 15 is 0 Å². The van der Waals surface area contributed by atoms with Gasteiger partial charge in [0.15, 0.2) is 12.5 Å². The summed E-state index contributed by atoms with van der Waals surface area (Å²) in [5.41, 5.74) is 8.35. The van der Waals surface area contributed by atoms with Crippen molar-refractivity contribution >= 4 is 39.1 Å². The number of esters is 2. The molecule has 398 valence electrons. The van der Waals surface area contributed by atoms with Gasteiger partial charge in [0.2, 0.25) is 5.91 Å². The van der Waals surface area contributed by atoms with Crippen LogP contribution in [0.1, 0.15) is 68.0 Å². The lowest BCUT2D eigenvalue weighted by Crippen LogP contribution is -2.64. The van der Waals surface area contributed by atoms with Crippen molar-refractivity contribution in [1.29, 1.82) is 0 Å². The number of urea groups is 1. The molecule has 2 aromatic carbocycles. The number of nitrogens with one attached hydrogen (secondary N) is 2. The monoisotopic (exact) mass is 1050 g/mol. The minimum atomic E-state index is -3.97. The van der Waals surface area contributed by atoms with Gasteiger partial charge in [-0.1, -0.05) is 50.2 Å². The number of aliphatic hydroxyl groups excluding tert-OH is 2. The smallest absolute Gasteiger partial charge is 0.380 e. The lowest BCUT2D eigenvalue weighted by atomic mass is 9.93. The first kappa shape index (κ1) is 57.6. The molecule has 0 aliphatic carbocycles. The van der Waals surface area contributed by atoms with Crippen LogP contribution in [0, 0.1) is 11.8 Å². The summed E-state index contributed by atoms with van der Waals surface area (Å²) in [4.78, 5) is 75.5. The molecule has 3 saturated heterocycles. The number of benzene rings is 2. The molecule has 2 unspecified atom stereocenters. The van der Waals surface area contributed by atoms with Crippen molar-refractivity contribution in [3.05, 3.63) is 93.8 Å². The Bertz CT molecular complexity index is 2560. The summed E-state index contributed by atoms with van der Waals surface area (Å²) in [5.74, 6) is -2.62. The van der Waals surface area contributed by atoms with Crippen LogP contribution in [0.3, 0.4) is 0 Å². The van der Waals surface area contributed by atoms with Crippen molar-refractivity contribution in [2.45, 2.75) is 122 Å². The van der Waals surface area contributed by atoms with Crippen LogP contribution in [0.5, 0.6) is 11.5 Å². The minimum absolute atomic E-state index is 0.0590. The Labute approximate surface area is 416 Å². The van der Waals surface area contributed by atoms with Crippen molar-refractivity contribution < 1.29 is 75.6 Å². The second-order valence-electron chi connectivity index (χ2n) is 18.8. The van der Waals surface area contributed by atoms with Crippen LogP contribution in [0.2, 0.25) is 0 Å². The van der Waals surface area contributed by atoms with Crippen molar-refractivity contribution in [3.8, 4) is 11.5 Å². The lowest BCUT2D eigenvalue weighted by molar-refractivity contribution is -0.152. The molecule has 0 saturated carbocycles. The molecule has 3 amide bonds. The van der Waals surface area contributed by atoms with E-state index < -0.39 is 123 Å². The van der Waals surface area contributed by atoms with Crippen LogP contribution in [-0.2, 0) is 51.5 Å². The summed E-state index contributed by atoms with van der Waals surface area (Å²) in [6, 6.07) is 17.1. The molecule has 3 aromatic rings. The van der Waals surface area contributed by atoms with Crippen LogP contribution < -0.4 is 37.1 Å². The van der Waals surface area contributed by atoms with Crippen LogP contribution in [0.15, 0.2) is 82.5 Å². The zero-order valence-corrected chi connectivity index (χ0v) is 43.1. The van der Waals surface area contributed by atoms with Gasteiger partial charge in [-0.2, -0.15) is 0 Å². The van der Waals surface area contributed by atoms with Crippen molar-refractivity contribution in [3.63, 3.8) is 0 Å². The number of hydrogen-bond donors (Lipinski definition) is 6. The van der Waals surface area contributed by atoms with Gasteiger partial charge in [0, 0.05) is 25.2 Å². The molecular weight excluding hydrogens is 986 g/mol. The number of nitrogens with zero attached hydrogens (tertiary/aromatic N) is 2. The number of carbonyl (C=O) groups excluding carboxylic acids is 4. The van der Waals surface area contributed by atoms with Crippen molar-refractivity contribution in [2.75, 3.05) is 32.1 Å². The summed E-state index contributed by atoms with van der Waals surface area (Å²) in [7, 11) is -7.93. The molecule has 26 heteroatoms. The second-order valence-corrected chi connectivity index (χ2v) is 22.8. The Hall–Kier alpha value is -5.26. The number of aliphatic hydroxyl groups is 2. The van der Waals surface area contributed by atoms with E-state index in [4.69, 9.17) is 48.5 Å². The van der Waals surface area contributed by atoms with Crippen LogP contribution in [0.4, 0.5) is 4.79 Å². The molecule has 12 atom stereocenters. The zero-order valence-electron chi connectivity index (χ0n) is 41.3. The van der Waals surface area contributed by atoms with E-state index in [2.05, 4.69) is 10.3 Å². The van der Waals surface area contributed by atoms with E-state index in [1.165, 1.54) is 24.9 Å². The molecule has 3 aliphatic rings. The highest BCUT2D eigenvalue weighted by atomic mass is 31.2. The molecule has 72 heavy (non-hydrogen) atoms. The Morgan fingerprint density at radius 2 is 1.15 bits per heavy atom. The third-order valence-electron chi connectivity index (χ3n) is 11.5. The number of aromatic nitrogens is 2. The standard InChI is InChI=1S/C23H34N3O9P.C23H32N3O9P/c2*1-14(2)33-20(29)15(3)13-36(31,35-16-8-6-5-7-9-16)32-12-17-19(28)23(4,24)21(34-17)26-11-10-18(27)25-22(26)30/h5-9,14-15,17,19,21,28H,10-13,24H2,1-4H3,(H,25,27,30);5-11,14-15,17,19,21,28H,12-13,24H2,1-4H3,(H,25,27,30)/t2*15-,17-,19-,21-,23-,36?/m11/s1. The maximum absolute atomic E-state index is 13.7. The van der Waals surface area contributed by atoms with E-state index in [-0.39, 0.29) is 49.0 Å². The van der Waals surface area contributed by atoms with Gasteiger partial charge >= 0.3 is 38.9 Å². The predicted molar refractivity (Wildman–Crippen MR) is 258 cm³/mol. The van der Waals surface area contributed by atoms with E-state index in [1.54, 1.807) is 102 Å². The quantitative estimate of drug-likeness (QED) is 0.0699. The van der Waals surface area contributed by atoms with Crippen molar-refractivity contribution in [1.82, 2.24) is 19.8 Å². The summed E-state index contributed by atoms with van der Waals surface area (Å²) in [6.07, 6.45) is -7.04. The van der Waals surface area contributed by atoms with Crippen LogP contribution >= 0.6 is 15.2 Å². The molecule has 4 heterocycles.